The van der Waals surface area contributed by atoms with Crippen molar-refractivity contribution in [3.63, 3.8) is 0 Å². The van der Waals surface area contributed by atoms with Gasteiger partial charge < -0.3 is 24.6 Å². The Labute approximate surface area is 244 Å². The van der Waals surface area contributed by atoms with Crippen molar-refractivity contribution >= 4 is 28.9 Å². The van der Waals surface area contributed by atoms with Crippen LogP contribution in [0.3, 0.4) is 0 Å². The summed E-state index contributed by atoms with van der Waals surface area (Å²) >= 11 is 0. The summed E-state index contributed by atoms with van der Waals surface area (Å²) in [6.45, 7) is 8.97. The number of amides is 2. The van der Waals surface area contributed by atoms with Gasteiger partial charge >= 0.3 is 12.1 Å². The maximum absolute atomic E-state index is 13.5. The van der Waals surface area contributed by atoms with Crippen LogP contribution in [0.1, 0.15) is 33.6 Å². The van der Waals surface area contributed by atoms with Gasteiger partial charge in [0.15, 0.2) is 0 Å². The highest BCUT2D eigenvalue weighted by molar-refractivity contribution is 5.94. The molecule has 1 saturated carbocycles. The molecule has 2 aromatic carbocycles. The van der Waals surface area contributed by atoms with Gasteiger partial charge in [0.1, 0.15) is 34.8 Å². The highest BCUT2D eigenvalue weighted by Gasteiger charge is 2.61. The average molecular weight is 574 g/mol. The van der Waals surface area contributed by atoms with Crippen molar-refractivity contribution in [2.45, 2.75) is 56.9 Å². The Morgan fingerprint density at radius 3 is 2.50 bits per heavy atom. The number of likely N-dealkylation sites (tertiary alicyclic amines) is 1. The second-order valence-corrected chi connectivity index (χ2v) is 11.7. The predicted octanol–water partition coefficient (Wildman–Crippen LogP) is 4.81. The van der Waals surface area contributed by atoms with Crippen molar-refractivity contribution in [2.24, 2.45) is 5.92 Å². The third-order valence-corrected chi connectivity index (χ3v) is 7.56. The van der Waals surface area contributed by atoms with Crippen molar-refractivity contribution in [2.75, 3.05) is 13.7 Å². The van der Waals surface area contributed by atoms with Crippen molar-refractivity contribution in [1.82, 2.24) is 15.2 Å². The molecule has 0 radical (unpaired) electrons. The first kappa shape index (κ1) is 28.9. The number of methoxy groups -OCH3 is 1. The number of carbonyl (C=O) groups is 3. The predicted molar refractivity (Wildman–Crippen MR) is 156 cm³/mol. The number of rotatable bonds is 8. The third-order valence-electron chi connectivity index (χ3n) is 7.56. The Morgan fingerprint density at radius 1 is 1.14 bits per heavy atom. The Kier molecular flexibility index (Phi) is 7.57. The minimum absolute atomic E-state index is 0.0681. The summed E-state index contributed by atoms with van der Waals surface area (Å²) in [5.74, 6) is -0.924. The number of aromatic nitrogens is 1. The van der Waals surface area contributed by atoms with E-state index in [1.165, 1.54) is 11.0 Å². The lowest BCUT2D eigenvalue weighted by molar-refractivity contribution is -0.144. The number of hydrogen-bond acceptors (Lipinski definition) is 7. The Bertz CT molecular complexity index is 1530. The van der Waals surface area contributed by atoms with Gasteiger partial charge in [-0.3, -0.25) is 9.69 Å². The Hall–Kier alpha value is -4.60. The van der Waals surface area contributed by atoms with Crippen LogP contribution in [0.2, 0.25) is 0 Å². The van der Waals surface area contributed by atoms with Gasteiger partial charge in [-0.2, -0.15) is 0 Å². The molecule has 4 atom stereocenters. The number of carbonyl (C=O) groups excluding carboxylic acids is 2. The van der Waals surface area contributed by atoms with Gasteiger partial charge in [-0.15, -0.1) is 6.58 Å². The van der Waals surface area contributed by atoms with Crippen molar-refractivity contribution in [1.29, 1.82) is 0 Å². The van der Waals surface area contributed by atoms with Crippen LogP contribution in [0.5, 0.6) is 11.5 Å². The van der Waals surface area contributed by atoms with E-state index in [2.05, 4.69) is 11.9 Å². The van der Waals surface area contributed by atoms with Gasteiger partial charge in [-0.05, 0) is 39.3 Å². The SMILES string of the molecule is C=C[C@@H]1C[C@]1(NC(=O)[C@H]1C[C@@H](Oc2cc(-c3ccccc3)nc3cc(OC)ccc23)CN1C(=O)OC(C)(C)C)C(=O)O. The molecule has 2 fully saturated rings. The second-order valence-electron chi connectivity index (χ2n) is 11.7. The van der Waals surface area contributed by atoms with Crippen LogP contribution in [0.4, 0.5) is 4.79 Å². The Balaban J connectivity index is 1.47. The van der Waals surface area contributed by atoms with Crippen molar-refractivity contribution in [3.8, 4) is 22.8 Å². The largest absolute Gasteiger partial charge is 0.497 e. The summed E-state index contributed by atoms with van der Waals surface area (Å²) in [6, 6.07) is 16.0. The number of ether oxygens (including phenoxy) is 3. The van der Waals surface area contributed by atoms with Gasteiger partial charge in [0.05, 0.1) is 24.9 Å². The standard InChI is InChI=1S/C32H35N3O7/c1-6-20-17-32(20,29(37)38)34-28(36)26-15-22(18-35(26)30(39)42-31(2,3)4)41-27-16-24(19-10-8-7-9-11-19)33-25-14-21(40-5)12-13-23(25)27/h6-14,16,20,22,26H,1,15,17-18H2,2-5H3,(H,34,36)(H,37,38)/t20-,22-,26-,32-/m1/s1. The number of fused-ring (bicyclic) bond motifs is 1. The van der Waals surface area contributed by atoms with E-state index in [-0.39, 0.29) is 25.3 Å². The number of benzene rings is 2. The number of nitrogens with zero attached hydrogens (tertiary/aromatic N) is 2. The fourth-order valence-electron chi connectivity index (χ4n) is 5.31. The normalized spacial score (nSPS) is 23.2. The fourth-order valence-corrected chi connectivity index (χ4v) is 5.31. The summed E-state index contributed by atoms with van der Waals surface area (Å²) in [5.41, 5.74) is 0.0213. The van der Waals surface area contributed by atoms with Crippen LogP contribution in [-0.4, -0.2) is 69.9 Å². The van der Waals surface area contributed by atoms with Gasteiger partial charge in [0.25, 0.3) is 0 Å². The topological polar surface area (TPSA) is 127 Å². The molecule has 2 heterocycles. The van der Waals surface area contributed by atoms with Crippen LogP contribution in [0.25, 0.3) is 22.2 Å². The number of carboxylic acids is 1. The first-order valence-electron chi connectivity index (χ1n) is 13.8. The molecule has 2 N–H and O–H groups in total. The van der Waals surface area contributed by atoms with E-state index in [1.54, 1.807) is 27.9 Å². The number of hydrogen-bond donors (Lipinski definition) is 2. The van der Waals surface area contributed by atoms with Gasteiger partial charge in [0.2, 0.25) is 5.91 Å². The zero-order valence-corrected chi connectivity index (χ0v) is 24.1. The summed E-state index contributed by atoms with van der Waals surface area (Å²) in [4.78, 5) is 44.9. The smallest absolute Gasteiger partial charge is 0.411 e. The molecule has 1 saturated heterocycles. The molecule has 1 aromatic heterocycles. The number of nitrogens with one attached hydrogen (secondary N) is 1. The molecule has 10 nitrogen and oxygen atoms in total. The molecule has 5 rings (SSSR count). The molecule has 0 bridgehead atoms. The third kappa shape index (κ3) is 5.74. The van der Waals surface area contributed by atoms with E-state index in [0.29, 0.717) is 22.7 Å². The van der Waals surface area contributed by atoms with E-state index in [0.717, 1.165) is 10.9 Å². The Morgan fingerprint density at radius 2 is 1.88 bits per heavy atom. The lowest BCUT2D eigenvalue weighted by atomic mass is 10.1. The maximum atomic E-state index is 13.5. The van der Waals surface area contributed by atoms with E-state index in [4.69, 9.17) is 19.2 Å². The van der Waals surface area contributed by atoms with Crippen LogP contribution in [-0.2, 0) is 14.3 Å². The number of aliphatic carboxylic acids is 1. The minimum Gasteiger partial charge on any atom is -0.497 e. The average Bonchev–Trinajstić information content (AvgIpc) is 3.51. The molecule has 2 aliphatic rings. The van der Waals surface area contributed by atoms with E-state index in [1.807, 2.05) is 54.6 Å². The molecule has 220 valence electrons. The molecule has 2 amide bonds. The molecule has 10 heteroatoms. The van der Waals surface area contributed by atoms with Gasteiger partial charge in [0, 0.05) is 35.4 Å². The second kappa shape index (κ2) is 11.0. The summed E-state index contributed by atoms with van der Waals surface area (Å²) in [6.07, 6.45) is 0.642. The zero-order valence-electron chi connectivity index (χ0n) is 24.1. The monoisotopic (exact) mass is 573 g/mol. The maximum Gasteiger partial charge on any atom is 0.411 e. The summed E-state index contributed by atoms with van der Waals surface area (Å²) in [7, 11) is 1.59. The lowest BCUT2D eigenvalue weighted by Crippen LogP contribution is -2.53. The van der Waals surface area contributed by atoms with Gasteiger partial charge in [-0.1, -0.05) is 36.4 Å². The molecule has 42 heavy (non-hydrogen) atoms. The summed E-state index contributed by atoms with van der Waals surface area (Å²) < 4.78 is 17.5. The lowest BCUT2D eigenvalue weighted by Gasteiger charge is -2.28. The van der Waals surface area contributed by atoms with Crippen molar-refractivity contribution < 1.29 is 33.7 Å². The van der Waals surface area contributed by atoms with E-state index >= 15 is 0 Å². The highest BCUT2D eigenvalue weighted by Crippen LogP contribution is 2.45. The van der Waals surface area contributed by atoms with E-state index in [9.17, 15) is 19.5 Å². The van der Waals surface area contributed by atoms with Crippen LogP contribution in [0, 0.1) is 5.92 Å². The first-order valence-corrected chi connectivity index (χ1v) is 13.8. The highest BCUT2D eigenvalue weighted by atomic mass is 16.6. The molecular weight excluding hydrogens is 538 g/mol. The molecule has 0 spiro atoms. The molecule has 1 aliphatic heterocycles. The van der Waals surface area contributed by atoms with E-state index < -0.39 is 41.3 Å². The van der Waals surface area contributed by atoms with Crippen LogP contribution < -0.4 is 14.8 Å². The van der Waals surface area contributed by atoms with Gasteiger partial charge in [-0.25, -0.2) is 14.6 Å². The fraction of sp³-hybridized carbons (Fsp3) is 0.375. The molecule has 1 aliphatic carbocycles. The number of carboxylic acid groups (broad SMARTS) is 1. The molecule has 0 unspecified atom stereocenters. The zero-order chi connectivity index (χ0) is 30.2. The minimum atomic E-state index is -1.43. The van der Waals surface area contributed by atoms with Crippen molar-refractivity contribution in [3.05, 3.63) is 67.3 Å². The van der Waals surface area contributed by atoms with Crippen LogP contribution in [0.15, 0.2) is 67.3 Å². The number of pyridine rings is 1. The quantitative estimate of drug-likeness (QED) is 0.368. The first-order chi connectivity index (χ1) is 19.9. The molecule has 3 aromatic rings. The molecular formula is C32H35N3O7. The summed E-state index contributed by atoms with van der Waals surface area (Å²) in [5, 5.41) is 13.2. The van der Waals surface area contributed by atoms with Crippen LogP contribution >= 0.6 is 0 Å².